The van der Waals surface area contributed by atoms with E-state index in [2.05, 4.69) is 21.2 Å². The molecule has 0 unspecified atom stereocenters. The number of hydrogen-bond acceptors (Lipinski definition) is 5. The van der Waals surface area contributed by atoms with Gasteiger partial charge in [0.25, 0.3) is 11.8 Å². The van der Waals surface area contributed by atoms with Crippen LogP contribution in [0.15, 0.2) is 46.3 Å². The van der Waals surface area contributed by atoms with Crippen LogP contribution in [0.25, 0.3) is 10.4 Å². The first-order chi connectivity index (χ1) is 14.0. The van der Waals surface area contributed by atoms with Gasteiger partial charge in [0.2, 0.25) is 0 Å². The van der Waals surface area contributed by atoms with Crippen LogP contribution in [0.1, 0.15) is 25.6 Å². The number of ether oxygens (including phenoxy) is 1. The largest absolute Gasteiger partial charge is 0.378 e. The third-order valence-electron chi connectivity index (χ3n) is 4.72. The van der Waals surface area contributed by atoms with Gasteiger partial charge in [-0.2, -0.15) is 0 Å². The maximum atomic E-state index is 13.3. The highest BCUT2D eigenvalue weighted by molar-refractivity contribution is 9.11. The zero-order valence-corrected chi connectivity index (χ0v) is 19.0. The molecule has 4 rings (SSSR count). The van der Waals surface area contributed by atoms with Crippen LogP contribution >= 0.6 is 38.6 Å². The van der Waals surface area contributed by atoms with Gasteiger partial charge in [-0.05, 0) is 46.1 Å². The molecule has 0 spiro atoms. The highest BCUT2D eigenvalue weighted by Crippen LogP contribution is 2.41. The van der Waals surface area contributed by atoms with E-state index in [9.17, 15) is 9.59 Å². The van der Waals surface area contributed by atoms with Crippen molar-refractivity contribution in [1.29, 1.82) is 0 Å². The van der Waals surface area contributed by atoms with Crippen molar-refractivity contribution in [3.8, 4) is 10.4 Å². The molecule has 1 fully saturated rings. The zero-order chi connectivity index (χ0) is 20.4. The van der Waals surface area contributed by atoms with Crippen LogP contribution in [0.2, 0.25) is 0 Å². The summed E-state index contributed by atoms with van der Waals surface area (Å²) in [5, 5.41) is 3.57. The van der Waals surface area contributed by atoms with Crippen LogP contribution < -0.4 is 5.32 Å². The van der Waals surface area contributed by atoms with Gasteiger partial charge in [-0.15, -0.1) is 22.7 Å². The molecule has 0 saturated carbocycles. The van der Waals surface area contributed by atoms with Crippen LogP contribution in [0.4, 0.5) is 5.00 Å². The first-order valence-corrected chi connectivity index (χ1v) is 11.6. The van der Waals surface area contributed by atoms with Crippen molar-refractivity contribution in [3.05, 3.63) is 62.3 Å². The Bertz CT molecular complexity index is 1040. The molecule has 0 radical (unpaired) electrons. The summed E-state index contributed by atoms with van der Waals surface area (Å²) in [5.74, 6) is -0.274. The van der Waals surface area contributed by atoms with Crippen LogP contribution in [0, 0.1) is 6.92 Å². The Labute approximate surface area is 185 Å². The average molecular weight is 491 g/mol. The molecule has 1 aromatic carbocycles. The molecule has 8 heteroatoms. The lowest BCUT2D eigenvalue weighted by Crippen LogP contribution is -2.41. The van der Waals surface area contributed by atoms with Crippen molar-refractivity contribution >= 4 is 55.4 Å². The van der Waals surface area contributed by atoms with E-state index in [4.69, 9.17) is 4.74 Å². The third-order valence-corrected chi connectivity index (χ3v) is 7.60. The maximum Gasteiger partial charge on any atom is 0.266 e. The van der Waals surface area contributed by atoms with Crippen molar-refractivity contribution in [2.45, 2.75) is 6.92 Å². The molecule has 29 heavy (non-hydrogen) atoms. The molecule has 5 nitrogen and oxygen atoms in total. The SMILES string of the molecule is Cc1c(-c2ccccc2)sc(NC(=O)c2ccc(Br)s2)c1C(=O)N1CCOCC1. The second kappa shape index (κ2) is 8.79. The third kappa shape index (κ3) is 4.30. The fourth-order valence-electron chi connectivity index (χ4n) is 3.25. The van der Waals surface area contributed by atoms with Gasteiger partial charge in [-0.3, -0.25) is 9.59 Å². The Kier molecular flexibility index (Phi) is 6.15. The molecule has 1 N–H and O–H groups in total. The fourth-order valence-corrected chi connectivity index (χ4v) is 5.73. The number of carbonyl (C=O) groups is 2. The molecule has 3 aromatic rings. The van der Waals surface area contributed by atoms with Gasteiger partial charge in [0.15, 0.2) is 0 Å². The quantitative estimate of drug-likeness (QED) is 0.541. The summed E-state index contributed by atoms with van der Waals surface area (Å²) in [5.41, 5.74) is 2.49. The number of benzene rings is 1. The highest BCUT2D eigenvalue weighted by Gasteiger charge is 2.28. The zero-order valence-electron chi connectivity index (χ0n) is 15.7. The van der Waals surface area contributed by atoms with Crippen molar-refractivity contribution < 1.29 is 14.3 Å². The molecule has 150 valence electrons. The predicted molar refractivity (Wildman–Crippen MR) is 121 cm³/mol. The van der Waals surface area contributed by atoms with Crippen molar-refractivity contribution in [2.24, 2.45) is 0 Å². The Hall–Kier alpha value is -2.00. The first kappa shape index (κ1) is 20.3. The minimum absolute atomic E-state index is 0.0631. The molecule has 1 aliphatic heterocycles. The summed E-state index contributed by atoms with van der Waals surface area (Å²) < 4.78 is 6.27. The topological polar surface area (TPSA) is 58.6 Å². The van der Waals surface area contributed by atoms with Crippen molar-refractivity contribution in [1.82, 2.24) is 4.90 Å². The monoisotopic (exact) mass is 490 g/mol. The molecule has 1 aliphatic rings. The number of carbonyl (C=O) groups excluding carboxylic acids is 2. The maximum absolute atomic E-state index is 13.3. The number of halogens is 1. The number of anilines is 1. The van der Waals surface area contributed by atoms with Gasteiger partial charge in [-0.1, -0.05) is 30.3 Å². The van der Waals surface area contributed by atoms with Crippen molar-refractivity contribution in [2.75, 3.05) is 31.6 Å². The second-order valence-electron chi connectivity index (χ2n) is 6.59. The van der Waals surface area contributed by atoms with Crippen molar-refractivity contribution in [3.63, 3.8) is 0 Å². The Balaban J connectivity index is 1.73. The van der Waals surface area contributed by atoms with Crippen LogP contribution in [-0.4, -0.2) is 43.0 Å². The second-order valence-corrected chi connectivity index (χ2v) is 10.1. The number of nitrogens with one attached hydrogen (secondary N) is 1. The minimum Gasteiger partial charge on any atom is -0.378 e. The van der Waals surface area contributed by atoms with E-state index in [1.165, 1.54) is 22.7 Å². The van der Waals surface area contributed by atoms with Gasteiger partial charge in [0.05, 0.1) is 27.4 Å². The molecule has 0 aliphatic carbocycles. The molecule has 2 aromatic heterocycles. The minimum atomic E-state index is -0.211. The summed E-state index contributed by atoms with van der Waals surface area (Å²) in [4.78, 5) is 29.5. The summed E-state index contributed by atoms with van der Waals surface area (Å²) >= 11 is 6.20. The van der Waals surface area contributed by atoms with Gasteiger partial charge in [-0.25, -0.2) is 0 Å². The van der Waals surface area contributed by atoms with E-state index in [-0.39, 0.29) is 11.8 Å². The van der Waals surface area contributed by atoms with E-state index in [1.807, 2.05) is 43.3 Å². The molecule has 0 bridgehead atoms. The molecule has 0 atom stereocenters. The molecule has 2 amide bonds. The number of rotatable bonds is 4. The van der Waals surface area contributed by atoms with Crippen LogP contribution in [0.3, 0.4) is 0 Å². The number of amides is 2. The Morgan fingerprint density at radius 3 is 2.45 bits per heavy atom. The lowest BCUT2D eigenvalue weighted by Gasteiger charge is -2.27. The smallest absolute Gasteiger partial charge is 0.266 e. The van der Waals surface area contributed by atoms with E-state index < -0.39 is 0 Å². The lowest BCUT2D eigenvalue weighted by atomic mass is 10.1. The molecule has 1 saturated heterocycles. The number of morpholine rings is 1. The van der Waals surface area contributed by atoms with E-state index in [1.54, 1.807) is 11.0 Å². The fraction of sp³-hybridized carbons (Fsp3) is 0.238. The average Bonchev–Trinajstić information content (AvgIpc) is 3.32. The van der Waals surface area contributed by atoms with Crippen LogP contribution in [0.5, 0.6) is 0 Å². The van der Waals surface area contributed by atoms with Gasteiger partial charge in [0, 0.05) is 18.0 Å². The van der Waals surface area contributed by atoms with Gasteiger partial charge in [0.1, 0.15) is 5.00 Å². The summed E-state index contributed by atoms with van der Waals surface area (Å²) in [6.45, 7) is 4.13. The highest BCUT2D eigenvalue weighted by atomic mass is 79.9. The number of nitrogens with zero attached hydrogens (tertiary/aromatic N) is 1. The molecular formula is C21H19BrN2O3S2. The standard InChI is InChI=1S/C21H19BrN2O3S2/c1-13-17(21(26)24-9-11-27-12-10-24)20(23-19(25)15-7-8-16(22)28-15)29-18(13)14-5-3-2-4-6-14/h2-8H,9-12H2,1H3,(H,23,25). The lowest BCUT2D eigenvalue weighted by molar-refractivity contribution is 0.0303. The first-order valence-electron chi connectivity index (χ1n) is 9.17. The van der Waals surface area contributed by atoms with Gasteiger partial charge < -0.3 is 15.0 Å². The summed E-state index contributed by atoms with van der Waals surface area (Å²) in [6, 6.07) is 13.6. The summed E-state index contributed by atoms with van der Waals surface area (Å²) in [6.07, 6.45) is 0. The normalized spacial score (nSPS) is 14.1. The van der Waals surface area contributed by atoms with E-state index >= 15 is 0 Å². The van der Waals surface area contributed by atoms with Gasteiger partial charge >= 0.3 is 0 Å². The van der Waals surface area contributed by atoms with Crippen LogP contribution in [-0.2, 0) is 4.74 Å². The predicted octanol–water partition coefficient (Wildman–Crippen LogP) is 5.27. The number of thiophene rings is 2. The van der Waals surface area contributed by atoms with E-state index in [0.717, 1.165) is 19.8 Å². The number of hydrogen-bond donors (Lipinski definition) is 1. The molecule has 3 heterocycles. The molecular weight excluding hydrogens is 472 g/mol. The Morgan fingerprint density at radius 2 is 1.79 bits per heavy atom. The summed E-state index contributed by atoms with van der Waals surface area (Å²) in [7, 11) is 0. The van der Waals surface area contributed by atoms with E-state index in [0.29, 0.717) is 41.7 Å². The Morgan fingerprint density at radius 1 is 1.07 bits per heavy atom.